The normalized spacial score (nSPS) is 15.1. The van der Waals surface area contributed by atoms with Crippen LogP contribution < -0.4 is 10.6 Å². The summed E-state index contributed by atoms with van der Waals surface area (Å²) in [4.78, 5) is 15.9. The molecule has 0 atom stereocenters. The van der Waals surface area contributed by atoms with Gasteiger partial charge in [0.05, 0.1) is 5.69 Å². The number of thiazole rings is 1. The minimum Gasteiger partial charge on any atom is -0.320 e. The van der Waals surface area contributed by atoms with Crippen LogP contribution in [-0.2, 0) is 4.79 Å². The topological polar surface area (TPSA) is 54.0 Å². The number of carbonyl (C=O) groups is 1. The molecule has 0 spiro atoms. The second-order valence-electron chi connectivity index (χ2n) is 4.11. The summed E-state index contributed by atoms with van der Waals surface area (Å²) in [5, 5.41) is 8.67. The Morgan fingerprint density at radius 2 is 2.44 bits per heavy atom. The second-order valence-corrected chi connectivity index (χ2v) is 4.97. The van der Waals surface area contributed by atoms with E-state index in [0.29, 0.717) is 12.3 Å². The first-order valence-electron chi connectivity index (χ1n) is 5.69. The molecule has 1 amide bonds. The summed E-state index contributed by atoms with van der Waals surface area (Å²) in [6.07, 6.45) is 3.92. The van der Waals surface area contributed by atoms with Gasteiger partial charge in [-0.05, 0) is 32.9 Å². The van der Waals surface area contributed by atoms with E-state index in [0.717, 1.165) is 23.8 Å². The third kappa shape index (κ3) is 3.28. The molecule has 1 aliphatic rings. The number of nitrogens with one attached hydrogen (secondary N) is 2. The van der Waals surface area contributed by atoms with Crippen LogP contribution in [0, 0.1) is 0 Å². The Labute approximate surface area is 99.5 Å². The van der Waals surface area contributed by atoms with Gasteiger partial charge >= 0.3 is 0 Å². The molecule has 4 nitrogen and oxygen atoms in total. The molecule has 0 bridgehead atoms. The van der Waals surface area contributed by atoms with Gasteiger partial charge in [0.1, 0.15) is 0 Å². The predicted octanol–water partition coefficient (Wildman–Crippen LogP) is 1.96. The van der Waals surface area contributed by atoms with Crippen molar-refractivity contribution >= 4 is 22.4 Å². The number of hydrogen-bond donors (Lipinski definition) is 2. The van der Waals surface area contributed by atoms with E-state index in [1.807, 2.05) is 7.05 Å². The highest BCUT2D eigenvalue weighted by molar-refractivity contribution is 7.13. The van der Waals surface area contributed by atoms with Crippen molar-refractivity contribution < 1.29 is 4.79 Å². The lowest BCUT2D eigenvalue weighted by Crippen LogP contribution is -2.15. The van der Waals surface area contributed by atoms with Crippen molar-refractivity contribution in [1.29, 1.82) is 0 Å². The maximum absolute atomic E-state index is 11.5. The molecule has 1 aromatic rings. The quantitative estimate of drug-likeness (QED) is 0.746. The Kier molecular flexibility index (Phi) is 3.90. The van der Waals surface area contributed by atoms with Gasteiger partial charge in [-0.2, -0.15) is 0 Å². The van der Waals surface area contributed by atoms with E-state index in [9.17, 15) is 4.79 Å². The van der Waals surface area contributed by atoms with Crippen LogP contribution >= 0.6 is 11.3 Å². The fraction of sp³-hybridized carbons (Fsp3) is 0.636. The molecule has 1 aromatic heterocycles. The molecule has 0 radical (unpaired) electrons. The van der Waals surface area contributed by atoms with E-state index >= 15 is 0 Å². The van der Waals surface area contributed by atoms with Crippen molar-refractivity contribution in [2.75, 3.05) is 18.9 Å². The van der Waals surface area contributed by atoms with Crippen LogP contribution in [0.4, 0.5) is 5.13 Å². The average Bonchev–Trinajstić information content (AvgIpc) is 3.01. The highest BCUT2D eigenvalue weighted by Crippen LogP contribution is 2.40. The van der Waals surface area contributed by atoms with Gasteiger partial charge in [-0.15, -0.1) is 11.3 Å². The Bertz CT molecular complexity index is 360. The van der Waals surface area contributed by atoms with Gasteiger partial charge in [0.25, 0.3) is 0 Å². The molecule has 1 fully saturated rings. The number of carbonyl (C=O) groups excluding carboxylic acids is 1. The van der Waals surface area contributed by atoms with Crippen molar-refractivity contribution in [2.45, 2.75) is 31.6 Å². The SMILES string of the molecule is CNCCCC(=O)Nc1nc(C2CC2)cs1. The number of rotatable bonds is 6. The van der Waals surface area contributed by atoms with Crippen molar-refractivity contribution in [1.82, 2.24) is 10.3 Å². The van der Waals surface area contributed by atoms with Gasteiger partial charge in [0.2, 0.25) is 5.91 Å². The van der Waals surface area contributed by atoms with Crippen molar-refractivity contribution in [3.05, 3.63) is 11.1 Å². The van der Waals surface area contributed by atoms with E-state index in [-0.39, 0.29) is 5.91 Å². The summed E-state index contributed by atoms with van der Waals surface area (Å²) in [5.74, 6) is 0.721. The number of anilines is 1. The fourth-order valence-corrected chi connectivity index (χ4v) is 2.33. The average molecular weight is 239 g/mol. The first-order valence-corrected chi connectivity index (χ1v) is 6.57. The number of nitrogens with zero attached hydrogens (tertiary/aromatic N) is 1. The highest BCUT2D eigenvalue weighted by Gasteiger charge is 2.26. The lowest BCUT2D eigenvalue weighted by Gasteiger charge is -2.00. The second kappa shape index (κ2) is 5.41. The molecule has 5 heteroatoms. The standard InChI is InChI=1S/C11H17N3OS/c1-12-6-2-3-10(15)14-11-13-9(7-16-11)8-4-5-8/h7-8,12H,2-6H2,1H3,(H,13,14,15). The van der Waals surface area contributed by atoms with Gasteiger partial charge in [0.15, 0.2) is 5.13 Å². The van der Waals surface area contributed by atoms with Crippen LogP contribution in [0.2, 0.25) is 0 Å². The first-order chi connectivity index (χ1) is 7.79. The number of hydrogen-bond acceptors (Lipinski definition) is 4. The molecule has 0 aliphatic heterocycles. The number of amides is 1. The molecule has 0 aromatic carbocycles. The maximum Gasteiger partial charge on any atom is 0.226 e. The van der Waals surface area contributed by atoms with E-state index < -0.39 is 0 Å². The zero-order valence-corrected chi connectivity index (χ0v) is 10.3. The molecule has 16 heavy (non-hydrogen) atoms. The summed E-state index contributed by atoms with van der Waals surface area (Å²) in [6, 6.07) is 0. The zero-order valence-electron chi connectivity index (χ0n) is 9.45. The van der Waals surface area contributed by atoms with Crippen LogP contribution in [0.1, 0.15) is 37.3 Å². The zero-order chi connectivity index (χ0) is 11.4. The lowest BCUT2D eigenvalue weighted by molar-refractivity contribution is -0.116. The summed E-state index contributed by atoms with van der Waals surface area (Å²) in [5.41, 5.74) is 1.15. The van der Waals surface area contributed by atoms with Gasteiger partial charge in [-0.1, -0.05) is 0 Å². The molecule has 88 valence electrons. The van der Waals surface area contributed by atoms with Crippen LogP contribution in [0.25, 0.3) is 0 Å². The Morgan fingerprint density at radius 3 is 3.12 bits per heavy atom. The van der Waals surface area contributed by atoms with Crippen molar-refractivity contribution in [3.8, 4) is 0 Å². The molecule has 0 unspecified atom stereocenters. The van der Waals surface area contributed by atoms with Crippen LogP contribution in [0.3, 0.4) is 0 Å². The van der Waals surface area contributed by atoms with Crippen molar-refractivity contribution in [2.24, 2.45) is 0 Å². The van der Waals surface area contributed by atoms with Gasteiger partial charge in [-0.25, -0.2) is 4.98 Å². The largest absolute Gasteiger partial charge is 0.320 e. The Morgan fingerprint density at radius 1 is 1.62 bits per heavy atom. The first kappa shape index (κ1) is 11.5. The minimum absolute atomic E-state index is 0.0620. The molecule has 1 saturated carbocycles. The summed E-state index contributed by atoms with van der Waals surface area (Å²) < 4.78 is 0. The van der Waals surface area contributed by atoms with E-state index in [1.165, 1.54) is 24.2 Å². The molecular weight excluding hydrogens is 222 g/mol. The number of aromatic nitrogens is 1. The molecule has 0 saturated heterocycles. The maximum atomic E-state index is 11.5. The predicted molar refractivity (Wildman–Crippen MR) is 65.9 cm³/mol. The van der Waals surface area contributed by atoms with E-state index in [2.05, 4.69) is 21.0 Å². The molecule has 1 aliphatic carbocycles. The monoisotopic (exact) mass is 239 g/mol. The smallest absolute Gasteiger partial charge is 0.226 e. The Hall–Kier alpha value is -0.940. The van der Waals surface area contributed by atoms with E-state index in [4.69, 9.17) is 0 Å². The molecule has 2 rings (SSSR count). The van der Waals surface area contributed by atoms with Crippen LogP contribution in [0.15, 0.2) is 5.38 Å². The van der Waals surface area contributed by atoms with Gasteiger partial charge in [-0.3, -0.25) is 4.79 Å². The molecule has 2 N–H and O–H groups in total. The van der Waals surface area contributed by atoms with Crippen molar-refractivity contribution in [3.63, 3.8) is 0 Å². The third-order valence-corrected chi connectivity index (χ3v) is 3.37. The van der Waals surface area contributed by atoms with E-state index in [1.54, 1.807) is 0 Å². The highest BCUT2D eigenvalue weighted by atomic mass is 32.1. The third-order valence-electron chi connectivity index (χ3n) is 2.59. The van der Waals surface area contributed by atoms with Crippen LogP contribution in [-0.4, -0.2) is 24.5 Å². The van der Waals surface area contributed by atoms with Gasteiger partial charge in [0, 0.05) is 17.7 Å². The molecule has 1 heterocycles. The lowest BCUT2D eigenvalue weighted by atomic mass is 10.3. The minimum atomic E-state index is 0.0620. The summed E-state index contributed by atoms with van der Waals surface area (Å²) in [7, 11) is 1.89. The summed E-state index contributed by atoms with van der Waals surface area (Å²) >= 11 is 1.53. The Balaban J connectivity index is 1.76. The summed E-state index contributed by atoms with van der Waals surface area (Å²) in [6.45, 7) is 0.874. The fourth-order valence-electron chi connectivity index (χ4n) is 1.52. The van der Waals surface area contributed by atoms with Gasteiger partial charge < -0.3 is 10.6 Å². The van der Waals surface area contributed by atoms with Crippen LogP contribution in [0.5, 0.6) is 0 Å². The molecular formula is C11H17N3OS.